The summed E-state index contributed by atoms with van der Waals surface area (Å²) in [6.07, 6.45) is 0.675. The molecule has 10 heteroatoms. The van der Waals surface area contributed by atoms with Gasteiger partial charge in [0.15, 0.2) is 0 Å². The minimum absolute atomic E-state index is 0.0482. The standard InChI is InChI=1S/C16H13F2N3O4S/c1-2-12-20-21-13(22)7-10(19-16(21)26-12)8-24-14(23)9-4-3-5-11(6-9)25-15(17)18/h3-7,15H,2,8H2,1H3. The predicted octanol–water partition coefficient (Wildman–Crippen LogP) is 2.67. The maximum atomic E-state index is 12.2. The molecule has 2 aromatic heterocycles. The normalized spacial score (nSPS) is 11.1. The monoisotopic (exact) mass is 381 g/mol. The molecule has 0 bridgehead atoms. The molecular weight excluding hydrogens is 368 g/mol. The average molecular weight is 381 g/mol. The molecule has 0 unspecified atom stereocenters. The zero-order valence-corrected chi connectivity index (χ0v) is 14.3. The average Bonchev–Trinajstić information content (AvgIpc) is 3.03. The number of nitrogens with zero attached hydrogens (tertiary/aromatic N) is 3. The Morgan fingerprint density at radius 3 is 2.88 bits per heavy atom. The molecule has 0 atom stereocenters. The highest BCUT2D eigenvalue weighted by atomic mass is 32.1. The number of hydrogen-bond acceptors (Lipinski definition) is 7. The van der Waals surface area contributed by atoms with Crippen molar-refractivity contribution in [3.63, 3.8) is 0 Å². The third-order valence-electron chi connectivity index (χ3n) is 3.29. The summed E-state index contributed by atoms with van der Waals surface area (Å²) in [6.45, 7) is -1.31. The Labute approximate surface area is 149 Å². The fourth-order valence-electron chi connectivity index (χ4n) is 2.13. The maximum absolute atomic E-state index is 12.2. The van der Waals surface area contributed by atoms with Crippen molar-refractivity contribution in [2.24, 2.45) is 0 Å². The SMILES string of the molecule is CCc1nn2c(=O)cc(COC(=O)c3cccc(OC(F)F)c3)nc2s1. The van der Waals surface area contributed by atoms with Crippen LogP contribution in [0.2, 0.25) is 0 Å². The number of esters is 1. The summed E-state index contributed by atoms with van der Waals surface area (Å²) in [6, 6.07) is 6.48. The Hall–Kier alpha value is -2.88. The molecule has 0 aliphatic carbocycles. The Balaban J connectivity index is 1.73. The number of aryl methyl sites for hydroxylation is 1. The van der Waals surface area contributed by atoms with E-state index in [0.717, 1.165) is 11.1 Å². The quantitative estimate of drug-likeness (QED) is 0.611. The van der Waals surface area contributed by atoms with Crippen molar-refractivity contribution in [1.29, 1.82) is 0 Å². The third kappa shape index (κ3) is 4.02. The van der Waals surface area contributed by atoms with Gasteiger partial charge in [-0.15, -0.1) is 0 Å². The number of halogens is 2. The number of ether oxygens (including phenoxy) is 2. The van der Waals surface area contributed by atoms with Crippen molar-refractivity contribution in [1.82, 2.24) is 14.6 Å². The summed E-state index contributed by atoms with van der Waals surface area (Å²) < 4.78 is 35.0. The van der Waals surface area contributed by atoms with Gasteiger partial charge in [-0.25, -0.2) is 9.78 Å². The van der Waals surface area contributed by atoms with Crippen molar-refractivity contribution in [2.45, 2.75) is 26.6 Å². The highest BCUT2D eigenvalue weighted by molar-refractivity contribution is 7.16. The number of aromatic nitrogens is 3. The topological polar surface area (TPSA) is 82.8 Å². The first-order valence-electron chi connectivity index (χ1n) is 7.57. The highest BCUT2D eigenvalue weighted by Gasteiger charge is 2.13. The Bertz CT molecular complexity index is 1000. The molecule has 26 heavy (non-hydrogen) atoms. The summed E-state index contributed by atoms with van der Waals surface area (Å²) in [4.78, 5) is 28.8. The Kier molecular flexibility index (Phi) is 5.21. The van der Waals surface area contributed by atoms with Crippen LogP contribution in [0.3, 0.4) is 0 Å². The van der Waals surface area contributed by atoms with Crippen LogP contribution in [0.5, 0.6) is 5.75 Å². The van der Waals surface area contributed by atoms with E-state index in [1.165, 1.54) is 40.1 Å². The first kappa shape index (κ1) is 17.9. The van der Waals surface area contributed by atoms with Gasteiger partial charge in [-0.1, -0.05) is 24.3 Å². The summed E-state index contributed by atoms with van der Waals surface area (Å²) >= 11 is 1.28. The lowest BCUT2D eigenvalue weighted by atomic mass is 10.2. The second kappa shape index (κ2) is 7.56. The van der Waals surface area contributed by atoms with Crippen LogP contribution in [0, 0.1) is 0 Å². The minimum Gasteiger partial charge on any atom is -0.456 e. The van der Waals surface area contributed by atoms with E-state index in [4.69, 9.17) is 4.74 Å². The van der Waals surface area contributed by atoms with E-state index >= 15 is 0 Å². The van der Waals surface area contributed by atoms with Crippen LogP contribution < -0.4 is 10.3 Å². The molecule has 7 nitrogen and oxygen atoms in total. The van der Waals surface area contributed by atoms with Gasteiger partial charge in [0.1, 0.15) is 17.4 Å². The van der Waals surface area contributed by atoms with Crippen LogP contribution in [0.15, 0.2) is 35.1 Å². The third-order valence-corrected chi connectivity index (χ3v) is 4.34. The first-order valence-corrected chi connectivity index (χ1v) is 8.38. The molecule has 3 aromatic rings. The predicted molar refractivity (Wildman–Crippen MR) is 88.7 cm³/mol. The van der Waals surface area contributed by atoms with Crippen molar-refractivity contribution >= 4 is 22.3 Å². The number of fused-ring (bicyclic) bond motifs is 1. The molecule has 0 amide bonds. The van der Waals surface area contributed by atoms with Crippen LogP contribution in [0.4, 0.5) is 8.78 Å². The number of rotatable bonds is 6. The van der Waals surface area contributed by atoms with Gasteiger partial charge in [0, 0.05) is 6.07 Å². The molecule has 0 spiro atoms. The van der Waals surface area contributed by atoms with Gasteiger partial charge < -0.3 is 9.47 Å². The summed E-state index contributed by atoms with van der Waals surface area (Å²) in [5.41, 5.74) is -0.0500. The molecule has 0 aliphatic rings. The van der Waals surface area contributed by atoms with Crippen LogP contribution in [0.25, 0.3) is 4.96 Å². The number of carbonyl (C=O) groups excluding carboxylic acids is 1. The fraction of sp³-hybridized carbons (Fsp3) is 0.250. The Morgan fingerprint density at radius 2 is 2.15 bits per heavy atom. The zero-order valence-electron chi connectivity index (χ0n) is 13.5. The molecule has 0 aliphatic heterocycles. The second-order valence-corrected chi connectivity index (χ2v) is 6.15. The van der Waals surface area contributed by atoms with Crippen molar-refractivity contribution in [3.8, 4) is 5.75 Å². The van der Waals surface area contributed by atoms with E-state index in [0.29, 0.717) is 11.4 Å². The van der Waals surface area contributed by atoms with E-state index in [1.807, 2.05) is 6.92 Å². The van der Waals surface area contributed by atoms with Crippen molar-refractivity contribution in [2.75, 3.05) is 0 Å². The number of benzene rings is 1. The minimum atomic E-state index is -2.99. The lowest BCUT2D eigenvalue weighted by Crippen LogP contribution is -2.16. The number of hydrogen-bond donors (Lipinski definition) is 0. The largest absolute Gasteiger partial charge is 0.456 e. The van der Waals surface area contributed by atoms with E-state index in [1.54, 1.807) is 0 Å². The zero-order chi connectivity index (χ0) is 18.7. The molecule has 0 N–H and O–H groups in total. The Morgan fingerprint density at radius 1 is 1.35 bits per heavy atom. The smallest absolute Gasteiger partial charge is 0.387 e. The van der Waals surface area contributed by atoms with Crippen molar-refractivity contribution < 1.29 is 23.0 Å². The fourth-order valence-corrected chi connectivity index (χ4v) is 2.99. The molecule has 0 saturated heterocycles. The van der Waals surface area contributed by atoms with Crippen LogP contribution in [-0.2, 0) is 17.8 Å². The molecule has 136 valence electrons. The summed E-state index contributed by atoms with van der Waals surface area (Å²) in [7, 11) is 0. The number of carbonyl (C=O) groups is 1. The molecule has 0 saturated carbocycles. The lowest BCUT2D eigenvalue weighted by Gasteiger charge is -2.07. The molecule has 2 heterocycles. The molecule has 0 fully saturated rings. The molecule has 1 aromatic carbocycles. The molecular formula is C16H13F2N3O4S. The first-order chi connectivity index (χ1) is 12.5. The lowest BCUT2D eigenvalue weighted by molar-refractivity contribution is -0.0499. The number of alkyl halides is 2. The van der Waals surface area contributed by atoms with E-state index in [-0.39, 0.29) is 29.2 Å². The van der Waals surface area contributed by atoms with E-state index in [2.05, 4.69) is 14.8 Å². The van der Waals surface area contributed by atoms with Crippen LogP contribution >= 0.6 is 11.3 Å². The van der Waals surface area contributed by atoms with Crippen LogP contribution in [0.1, 0.15) is 28.0 Å². The van der Waals surface area contributed by atoms with Crippen LogP contribution in [-0.4, -0.2) is 27.2 Å². The van der Waals surface area contributed by atoms with E-state index in [9.17, 15) is 18.4 Å². The van der Waals surface area contributed by atoms with Gasteiger partial charge in [-0.05, 0) is 24.6 Å². The van der Waals surface area contributed by atoms with Gasteiger partial charge in [0.25, 0.3) is 5.56 Å². The summed E-state index contributed by atoms with van der Waals surface area (Å²) in [5.74, 6) is -0.894. The molecule has 0 radical (unpaired) electrons. The van der Waals surface area contributed by atoms with E-state index < -0.39 is 12.6 Å². The van der Waals surface area contributed by atoms with Gasteiger partial charge >= 0.3 is 12.6 Å². The maximum Gasteiger partial charge on any atom is 0.387 e. The molecule has 3 rings (SSSR count). The summed E-state index contributed by atoms with van der Waals surface area (Å²) in [5, 5.41) is 4.89. The second-order valence-electron chi connectivity index (χ2n) is 5.11. The van der Waals surface area contributed by atoms with Gasteiger partial charge in [0.2, 0.25) is 4.96 Å². The highest BCUT2D eigenvalue weighted by Crippen LogP contribution is 2.17. The van der Waals surface area contributed by atoms with Gasteiger partial charge in [-0.3, -0.25) is 4.79 Å². The van der Waals surface area contributed by atoms with Gasteiger partial charge in [0.05, 0.1) is 11.3 Å². The van der Waals surface area contributed by atoms with Gasteiger partial charge in [-0.2, -0.15) is 18.4 Å². The van der Waals surface area contributed by atoms with Crippen molar-refractivity contribution in [3.05, 3.63) is 57.0 Å².